The van der Waals surface area contributed by atoms with E-state index in [4.69, 9.17) is 5.73 Å². The van der Waals surface area contributed by atoms with Crippen LogP contribution in [0.1, 0.15) is 26.2 Å². The van der Waals surface area contributed by atoms with Crippen molar-refractivity contribution in [3.8, 4) is 0 Å². The Bertz CT molecular complexity index is 200. The Kier molecular flexibility index (Phi) is 8.41. The lowest BCUT2D eigenvalue weighted by Crippen LogP contribution is -2.46. The third-order valence-corrected chi connectivity index (χ3v) is 2.71. The molecule has 0 radical (unpaired) electrons. The van der Waals surface area contributed by atoms with Gasteiger partial charge in [-0.2, -0.15) is 11.8 Å². The lowest BCUT2D eigenvalue weighted by Gasteiger charge is -2.15. The smallest absolute Gasteiger partial charge is 0.237 e. The van der Waals surface area contributed by atoms with E-state index in [0.717, 1.165) is 18.5 Å². The van der Waals surface area contributed by atoms with Crippen molar-refractivity contribution in [2.24, 2.45) is 5.73 Å². The van der Waals surface area contributed by atoms with Crippen LogP contribution in [0.3, 0.4) is 0 Å². The molecule has 3 N–H and O–H groups in total. The summed E-state index contributed by atoms with van der Waals surface area (Å²) >= 11 is 1.65. The number of nitrogens with two attached hydrogens (primary N) is 1. The molecule has 88 valence electrons. The first-order valence-electron chi connectivity index (χ1n) is 5.15. The highest BCUT2D eigenvalue weighted by atomic mass is 32.2. The van der Waals surface area contributed by atoms with E-state index in [1.54, 1.807) is 11.8 Å². The molecule has 0 rings (SSSR count). The number of carbonyl (C=O) groups is 2. The van der Waals surface area contributed by atoms with E-state index < -0.39 is 6.04 Å². The highest BCUT2D eigenvalue weighted by Crippen LogP contribution is 2.00. The van der Waals surface area contributed by atoms with Gasteiger partial charge in [0.1, 0.15) is 6.29 Å². The number of hydrogen-bond donors (Lipinski definition) is 2. The van der Waals surface area contributed by atoms with Gasteiger partial charge in [-0.05, 0) is 24.9 Å². The van der Waals surface area contributed by atoms with Gasteiger partial charge in [0.05, 0.1) is 12.1 Å². The summed E-state index contributed by atoms with van der Waals surface area (Å²) in [5.41, 5.74) is 5.66. The summed E-state index contributed by atoms with van der Waals surface area (Å²) in [7, 11) is 0. The number of carbonyl (C=O) groups excluding carboxylic acids is 2. The fourth-order valence-electron chi connectivity index (χ4n) is 1.15. The fraction of sp³-hybridized carbons (Fsp3) is 0.800. The van der Waals surface area contributed by atoms with E-state index in [0.29, 0.717) is 12.8 Å². The number of thioether (sulfide) groups is 1. The molecule has 0 aromatic carbocycles. The van der Waals surface area contributed by atoms with E-state index in [1.165, 1.54) is 0 Å². The summed E-state index contributed by atoms with van der Waals surface area (Å²) < 4.78 is 0. The van der Waals surface area contributed by atoms with Crippen molar-refractivity contribution in [2.45, 2.75) is 38.3 Å². The van der Waals surface area contributed by atoms with Gasteiger partial charge in [0.25, 0.3) is 0 Å². The fourth-order valence-corrected chi connectivity index (χ4v) is 1.64. The van der Waals surface area contributed by atoms with Gasteiger partial charge >= 0.3 is 0 Å². The van der Waals surface area contributed by atoms with Gasteiger partial charge in [0.2, 0.25) is 5.91 Å². The van der Waals surface area contributed by atoms with Crippen LogP contribution in [0.5, 0.6) is 0 Å². The third kappa shape index (κ3) is 6.52. The highest BCUT2D eigenvalue weighted by Gasteiger charge is 2.16. The van der Waals surface area contributed by atoms with Gasteiger partial charge in [-0.3, -0.25) is 4.79 Å². The summed E-state index contributed by atoms with van der Waals surface area (Å²) in [6.07, 6.45) is 4.91. The second-order valence-electron chi connectivity index (χ2n) is 3.43. The van der Waals surface area contributed by atoms with Crippen molar-refractivity contribution >= 4 is 24.0 Å². The maximum Gasteiger partial charge on any atom is 0.237 e. The molecule has 0 saturated heterocycles. The molecule has 0 aliphatic heterocycles. The summed E-state index contributed by atoms with van der Waals surface area (Å²) in [5, 5.41) is 2.64. The average molecular weight is 232 g/mol. The molecule has 5 heteroatoms. The molecule has 0 spiro atoms. The molecule has 4 nitrogen and oxygen atoms in total. The standard InChI is InChI=1S/C10H20N2O2S/c1-3-4-8(7-13)12-10(14)9(11)5-6-15-2/h7-9H,3-6,11H2,1-2H3,(H,12,14)/t8-,9?/m0/s1. The van der Waals surface area contributed by atoms with Gasteiger partial charge in [-0.25, -0.2) is 0 Å². The van der Waals surface area contributed by atoms with E-state index in [9.17, 15) is 9.59 Å². The molecule has 0 bridgehead atoms. The van der Waals surface area contributed by atoms with Crippen LogP contribution in [0, 0.1) is 0 Å². The lowest BCUT2D eigenvalue weighted by atomic mass is 10.1. The van der Waals surface area contributed by atoms with Gasteiger partial charge in [0, 0.05) is 0 Å². The Morgan fingerprint density at radius 1 is 1.53 bits per heavy atom. The van der Waals surface area contributed by atoms with Crippen molar-refractivity contribution in [3.05, 3.63) is 0 Å². The zero-order valence-corrected chi connectivity index (χ0v) is 10.2. The summed E-state index contributed by atoms with van der Waals surface area (Å²) in [5.74, 6) is 0.628. The van der Waals surface area contributed by atoms with Crippen LogP contribution in [0.25, 0.3) is 0 Å². The first-order chi connectivity index (χ1) is 7.15. The monoisotopic (exact) mass is 232 g/mol. The normalized spacial score (nSPS) is 14.3. The number of nitrogens with one attached hydrogen (secondary N) is 1. The quantitative estimate of drug-likeness (QED) is 0.600. The molecule has 15 heavy (non-hydrogen) atoms. The van der Waals surface area contributed by atoms with Gasteiger partial charge in [-0.15, -0.1) is 0 Å². The summed E-state index contributed by atoms with van der Waals surface area (Å²) in [6, 6.07) is -0.889. The van der Waals surface area contributed by atoms with Crippen LogP contribution < -0.4 is 11.1 Å². The van der Waals surface area contributed by atoms with Crippen LogP contribution in [0.15, 0.2) is 0 Å². The van der Waals surface area contributed by atoms with E-state index in [1.807, 2.05) is 13.2 Å². The van der Waals surface area contributed by atoms with Gasteiger partial charge in [-0.1, -0.05) is 13.3 Å². The molecular weight excluding hydrogens is 212 g/mol. The van der Waals surface area contributed by atoms with Crippen LogP contribution in [0.4, 0.5) is 0 Å². The van der Waals surface area contributed by atoms with Crippen LogP contribution in [-0.4, -0.2) is 36.3 Å². The Hall–Kier alpha value is -0.550. The number of hydrogen-bond acceptors (Lipinski definition) is 4. The summed E-state index contributed by atoms with van der Waals surface area (Å²) in [6.45, 7) is 1.97. The maximum atomic E-state index is 11.5. The van der Waals surface area contributed by atoms with E-state index in [2.05, 4.69) is 5.32 Å². The Labute approximate surface area is 95.4 Å². The topological polar surface area (TPSA) is 72.2 Å². The van der Waals surface area contributed by atoms with Crippen molar-refractivity contribution in [2.75, 3.05) is 12.0 Å². The maximum absolute atomic E-state index is 11.5. The SMILES string of the molecule is CCC[C@@H](C=O)NC(=O)C(N)CCSC. The zero-order chi connectivity index (χ0) is 11.7. The van der Waals surface area contributed by atoms with E-state index >= 15 is 0 Å². The molecule has 2 atom stereocenters. The first-order valence-corrected chi connectivity index (χ1v) is 6.55. The molecule has 1 amide bonds. The van der Waals surface area contributed by atoms with Crippen molar-refractivity contribution in [1.82, 2.24) is 5.32 Å². The zero-order valence-electron chi connectivity index (χ0n) is 9.36. The predicted molar refractivity (Wildman–Crippen MR) is 63.9 cm³/mol. The van der Waals surface area contributed by atoms with Crippen molar-refractivity contribution < 1.29 is 9.59 Å². The molecule has 1 unspecified atom stereocenters. The highest BCUT2D eigenvalue weighted by molar-refractivity contribution is 7.98. The van der Waals surface area contributed by atoms with Crippen LogP contribution in [0.2, 0.25) is 0 Å². The van der Waals surface area contributed by atoms with Crippen LogP contribution >= 0.6 is 11.8 Å². The second kappa shape index (κ2) is 8.73. The predicted octanol–water partition coefficient (Wildman–Crippen LogP) is 0.551. The van der Waals surface area contributed by atoms with Crippen LogP contribution in [-0.2, 0) is 9.59 Å². The minimum absolute atomic E-state index is 0.227. The molecule has 0 aromatic rings. The molecule has 0 saturated carbocycles. The van der Waals surface area contributed by atoms with Crippen molar-refractivity contribution in [3.63, 3.8) is 0 Å². The Morgan fingerprint density at radius 3 is 2.67 bits per heavy atom. The second-order valence-corrected chi connectivity index (χ2v) is 4.41. The summed E-state index contributed by atoms with van der Waals surface area (Å²) in [4.78, 5) is 22.1. The average Bonchev–Trinajstić information content (AvgIpc) is 2.24. The molecule has 0 aromatic heterocycles. The molecule has 0 aliphatic rings. The lowest BCUT2D eigenvalue weighted by molar-refractivity contribution is -0.125. The number of amides is 1. The minimum atomic E-state index is -0.503. The van der Waals surface area contributed by atoms with Gasteiger partial charge < -0.3 is 15.8 Å². The minimum Gasteiger partial charge on any atom is -0.345 e. The molecule has 0 heterocycles. The van der Waals surface area contributed by atoms with E-state index in [-0.39, 0.29) is 11.9 Å². The molecule has 0 fully saturated rings. The first kappa shape index (κ1) is 14.5. The molecule has 0 aliphatic carbocycles. The third-order valence-electron chi connectivity index (χ3n) is 2.06. The number of rotatable bonds is 8. The van der Waals surface area contributed by atoms with Gasteiger partial charge in [0.15, 0.2) is 0 Å². The Morgan fingerprint density at radius 2 is 2.20 bits per heavy atom. The Balaban J connectivity index is 3.92. The largest absolute Gasteiger partial charge is 0.345 e. The molecular formula is C10H20N2O2S. The number of aldehydes is 1. The van der Waals surface area contributed by atoms with Crippen molar-refractivity contribution in [1.29, 1.82) is 0 Å².